The van der Waals surface area contributed by atoms with Crippen LogP contribution in [0.25, 0.3) is 0 Å². The van der Waals surface area contributed by atoms with Gasteiger partial charge in [0, 0.05) is 0 Å². The topological polar surface area (TPSA) is 53.7 Å². The highest BCUT2D eigenvalue weighted by Crippen LogP contribution is 2.44. The molecule has 2 fully saturated rings. The van der Waals surface area contributed by atoms with Gasteiger partial charge in [0.25, 0.3) is 5.91 Å². The van der Waals surface area contributed by atoms with Crippen molar-refractivity contribution in [1.29, 1.82) is 0 Å². The average Bonchev–Trinajstić information content (AvgIpc) is 2.97. The maximum atomic E-state index is 12.0. The molecule has 1 aliphatic heterocycles. The Bertz CT molecular complexity index is 432. The average molecular weight is 286 g/mol. The van der Waals surface area contributed by atoms with Crippen LogP contribution in [0.15, 0.2) is 21.4 Å². The van der Waals surface area contributed by atoms with Crippen molar-refractivity contribution in [3.63, 3.8) is 0 Å². The molecule has 4 nitrogen and oxygen atoms in total. The molecule has 0 bridgehead atoms. The molecule has 0 unspecified atom stereocenters. The summed E-state index contributed by atoms with van der Waals surface area (Å²) >= 11 is 3.18. The Hall–Kier alpha value is -0.810. The van der Waals surface area contributed by atoms with Crippen LogP contribution in [0.1, 0.15) is 23.2 Å². The van der Waals surface area contributed by atoms with Gasteiger partial charge in [0.2, 0.25) is 0 Å². The van der Waals surface area contributed by atoms with Crippen LogP contribution in [0.2, 0.25) is 0 Å². The highest BCUT2D eigenvalue weighted by Gasteiger charge is 2.53. The summed E-state index contributed by atoms with van der Waals surface area (Å²) in [6.07, 6.45) is 3.66. The fourth-order valence-corrected chi connectivity index (χ4v) is 2.66. The van der Waals surface area contributed by atoms with Gasteiger partial charge in [-0.3, -0.25) is 4.79 Å². The van der Waals surface area contributed by atoms with Crippen molar-refractivity contribution in [3.8, 4) is 0 Å². The van der Waals surface area contributed by atoms with Gasteiger partial charge in [-0.2, -0.15) is 0 Å². The van der Waals surface area contributed by atoms with Crippen LogP contribution < -0.4 is 0 Å². The molecule has 1 saturated carbocycles. The number of furan rings is 1. The molecule has 0 atom stereocenters. The predicted molar refractivity (Wildman–Crippen MR) is 60.0 cm³/mol. The van der Waals surface area contributed by atoms with Crippen molar-refractivity contribution >= 4 is 21.8 Å². The smallest absolute Gasteiger partial charge is 0.258 e. The quantitative estimate of drug-likeness (QED) is 0.899. The number of nitrogens with zero attached hydrogens (tertiary/aromatic N) is 1. The van der Waals surface area contributed by atoms with E-state index in [1.807, 2.05) is 0 Å². The minimum atomic E-state index is -0.619. The molecule has 1 N–H and O–H groups in total. The van der Waals surface area contributed by atoms with Crippen LogP contribution in [0.4, 0.5) is 0 Å². The van der Waals surface area contributed by atoms with E-state index < -0.39 is 5.60 Å². The minimum Gasteiger partial charge on any atom is -0.457 e. The van der Waals surface area contributed by atoms with Gasteiger partial charge in [-0.15, -0.1) is 0 Å². The zero-order chi connectivity index (χ0) is 11.3. The zero-order valence-electron chi connectivity index (χ0n) is 8.65. The number of carbonyl (C=O) groups is 1. The second-order valence-electron chi connectivity index (χ2n) is 4.65. The van der Waals surface area contributed by atoms with Crippen LogP contribution >= 0.6 is 15.9 Å². The number of halogens is 1. The van der Waals surface area contributed by atoms with Gasteiger partial charge in [-0.25, -0.2) is 0 Å². The van der Waals surface area contributed by atoms with E-state index in [-0.39, 0.29) is 5.91 Å². The molecule has 86 valence electrons. The number of carbonyl (C=O) groups excluding carboxylic acids is 1. The second kappa shape index (κ2) is 3.34. The van der Waals surface area contributed by atoms with Crippen molar-refractivity contribution in [1.82, 2.24) is 4.90 Å². The Kier molecular flexibility index (Phi) is 2.16. The Morgan fingerprint density at radius 3 is 2.75 bits per heavy atom. The Morgan fingerprint density at radius 2 is 2.25 bits per heavy atom. The summed E-state index contributed by atoms with van der Waals surface area (Å²) in [5.41, 5.74) is -0.0934. The normalized spacial score (nSPS) is 23.0. The maximum absolute atomic E-state index is 12.0. The van der Waals surface area contributed by atoms with E-state index in [1.165, 1.54) is 6.26 Å². The molecule has 2 aliphatic rings. The molecule has 1 aromatic heterocycles. The number of rotatable bonds is 2. The lowest BCUT2D eigenvalue weighted by molar-refractivity contribution is -0.0958. The predicted octanol–water partition coefficient (Wildman–Crippen LogP) is 1.64. The van der Waals surface area contributed by atoms with E-state index in [1.54, 1.807) is 11.0 Å². The fourth-order valence-electron chi connectivity index (χ4n) is 2.25. The number of amides is 1. The molecule has 16 heavy (non-hydrogen) atoms. The van der Waals surface area contributed by atoms with E-state index in [9.17, 15) is 9.90 Å². The minimum absolute atomic E-state index is 0.0778. The lowest BCUT2D eigenvalue weighted by Crippen LogP contribution is -2.64. The van der Waals surface area contributed by atoms with Crippen LogP contribution in [-0.2, 0) is 0 Å². The second-order valence-corrected chi connectivity index (χ2v) is 5.37. The first kappa shape index (κ1) is 10.4. The van der Waals surface area contributed by atoms with Gasteiger partial charge in [0.05, 0.1) is 24.9 Å². The van der Waals surface area contributed by atoms with Gasteiger partial charge in [0.1, 0.15) is 5.60 Å². The summed E-state index contributed by atoms with van der Waals surface area (Å²) in [5.74, 6) is 0.329. The van der Waals surface area contributed by atoms with Gasteiger partial charge >= 0.3 is 0 Å². The molecule has 0 spiro atoms. The molecule has 2 heterocycles. The maximum Gasteiger partial charge on any atom is 0.258 e. The molecule has 5 heteroatoms. The molecule has 1 aliphatic carbocycles. The lowest BCUT2D eigenvalue weighted by atomic mass is 9.88. The number of β-amino-alcohol motifs (C(OH)–C–C–N with tert-alkyl or cyclic N) is 1. The first-order valence-electron chi connectivity index (χ1n) is 5.35. The molecule has 1 aromatic rings. The molecular formula is C11H12BrNO3. The van der Waals surface area contributed by atoms with Gasteiger partial charge in [-0.1, -0.05) is 0 Å². The Balaban J connectivity index is 1.68. The SMILES string of the molecule is O=C(c1ccoc1Br)N1CC(O)(C2CC2)C1. The van der Waals surface area contributed by atoms with Gasteiger partial charge in [-0.05, 0) is 40.8 Å². The molecule has 0 aromatic carbocycles. The lowest BCUT2D eigenvalue weighted by Gasteiger charge is -2.46. The standard InChI is InChI=1S/C11H12BrNO3/c12-9-8(3-4-16-9)10(14)13-5-11(15,6-13)7-1-2-7/h3-4,7,15H,1-2,5-6H2. The summed E-state index contributed by atoms with van der Waals surface area (Å²) in [7, 11) is 0. The number of likely N-dealkylation sites (tertiary alicyclic amines) is 1. The van der Waals surface area contributed by atoms with E-state index in [0.717, 1.165) is 12.8 Å². The Morgan fingerprint density at radius 1 is 1.56 bits per heavy atom. The van der Waals surface area contributed by atoms with Crippen molar-refractivity contribution in [2.24, 2.45) is 5.92 Å². The van der Waals surface area contributed by atoms with E-state index in [0.29, 0.717) is 29.2 Å². The summed E-state index contributed by atoms with van der Waals surface area (Å²) in [6.45, 7) is 0.905. The van der Waals surface area contributed by atoms with Crippen molar-refractivity contribution in [2.75, 3.05) is 13.1 Å². The highest BCUT2D eigenvalue weighted by atomic mass is 79.9. The van der Waals surface area contributed by atoms with Crippen LogP contribution in [-0.4, -0.2) is 34.6 Å². The molecule has 1 saturated heterocycles. The van der Waals surface area contributed by atoms with Crippen molar-refractivity contribution in [3.05, 3.63) is 22.6 Å². The first-order chi connectivity index (χ1) is 7.60. The number of hydrogen-bond acceptors (Lipinski definition) is 3. The third-order valence-corrected chi connectivity index (χ3v) is 4.02. The van der Waals surface area contributed by atoms with Crippen LogP contribution in [0.5, 0.6) is 0 Å². The van der Waals surface area contributed by atoms with Crippen LogP contribution in [0, 0.1) is 5.92 Å². The van der Waals surface area contributed by atoms with E-state index in [2.05, 4.69) is 15.9 Å². The van der Waals surface area contributed by atoms with Crippen molar-refractivity contribution < 1.29 is 14.3 Å². The van der Waals surface area contributed by atoms with E-state index in [4.69, 9.17) is 4.42 Å². The van der Waals surface area contributed by atoms with Gasteiger partial charge in [0.15, 0.2) is 4.67 Å². The fraction of sp³-hybridized carbons (Fsp3) is 0.545. The number of aliphatic hydroxyl groups is 1. The summed E-state index contributed by atoms with van der Waals surface area (Å²) in [6, 6.07) is 1.64. The number of hydrogen-bond donors (Lipinski definition) is 1. The third kappa shape index (κ3) is 1.50. The summed E-state index contributed by atoms with van der Waals surface area (Å²) < 4.78 is 5.48. The molecule has 1 amide bonds. The highest BCUT2D eigenvalue weighted by molar-refractivity contribution is 9.10. The monoisotopic (exact) mass is 285 g/mol. The van der Waals surface area contributed by atoms with Gasteiger partial charge < -0.3 is 14.4 Å². The van der Waals surface area contributed by atoms with E-state index >= 15 is 0 Å². The third-order valence-electron chi connectivity index (χ3n) is 3.40. The summed E-state index contributed by atoms with van der Waals surface area (Å²) in [4.78, 5) is 13.6. The van der Waals surface area contributed by atoms with Crippen molar-refractivity contribution in [2.45, 2.75) is 18.4 Å². The molecular weight excluding hydrogens is 274 g/mol. The molecule has 3 rings (SSSR count). The summed E-state index contributed by atoms with van der Waals surface area (Å²) in [5, 5.41) is 10.1. The first-order valence-corrected chi connectivity index (χ1v) is 6.14. The zero-order valence-corrected chi connectivity index (χ0v) is 10.2. The largest absolute Gasteiger partial charge is 0.457 e. The van der Waals surface area contributed by atoms with Crippen LogP contribution in [0.3, 0.4) is 0 Å². The Labute approximate surface area is 101 Å². The molecule has 0 radical (unpaired) electrons.